The number of hydrogen-bond acceptors (Lipinski definition) is 3. The van der Waals surface area contributed by atoms with E-state index in [-0.39, 0.29) is 17.9 Å². The molecular weight excluding hydrogens is 300 g/mol. The molecular formula is C20H24N2O2. The first-order valence-electron chi connectivity index (χ1n) is 8.39. The van der Waals surface area contributed by atoms with Gasteiger partial charge in [-0.3, -0.25) is 4.79 Å². The van der Waals surface area contributed by atoms with Crippen molar-refractivity contribution in [3.05, 3.63) is 65.7 Å². The Balaban J connectivity index is 1.60. The fraction of sp³-hybridized carbons (Fsp3) is 0.350. The Labute approximate surface area is 143 Å². The van der Waals surface area contributed by atoms with E-state index < -0.39 is 0 Å². The summed E-state index contributed by atoms with van der Waals surface area (Å²) in [5.41, 5.74) is 8.56. The number of nitrogens with zero attached hydrogens (tertiary/aromatic N) is 1. The molecule has 1 amide bonds. The van der Waals surface area contributed by atoms with Crippen molar-refractivity contribution >= 4 is 5.91 Å². The summed E-state index contributed by atoms with van der Waals surface area (Å²) in [6, 6.07) is 18.1. The summed E-state index contributed by atoms with van der Waals surface area (Å²) in [6.07, 6.45) is 1.17. The molecule has 1 aliphatic rings. The average Bonchev–Trinajstić information content (AvgIpc) is 3.02. The highest BCUT2D eigenvalue weighted by molar-refractivity contribution is 5.77. The highest BCUT2D eigenvalue weighted by Gasteiger charge is 2.33. The van der Waals surface area contributed by atoms with Crippen LogP contribution in [0.15, 0.2) is 54.6 Å². The zero-order valence-electron chi connectivity index (χ0n) is 14.0. The van der Waals surface area contributed by atoms with Gasteiger partial charge in [0.2, 0.25) is 5.91 Å². The number of amides is 1. The first-order valence-corrected chi connectivity index (χ1v) is 8.39. The normalized spacial score (nSPS) is 20.2. The molecule has 0 aromatic heterocycles. The number of rotatable bonds is 5. The number of methoxy groups -OCH3 is 1. The minimum absolute atomic E-state index is 0.00242. The average molecular weight is 324 g/mol. The molecule has 0 aliphatic carbocycles. The number of hydrogen-bond donors (Lipinski definition) is 1. The Hall–Kier alpha value is -2.33. The molecule has 2 aromatic carbocycles. The van der Waals surface area contributed by atoms with Crippen LogP contribution in [0.1, 0.15) is 23.5 Å². The van der Waals surface area contributed by atoms with Gasteiger partial charge in [0, 0.05) is 31.5 Å². The number of ether oxygens (including phenoxy) is 1. The number of carbonyl (C=O) groups excluding carboxylic acids is 1. The Bertz CT molecular complexity index is 687. The van der Waals surface area contributed by atoms with Crippen molar-refractivity contribution in [2.45, 2.75) is 24.8 Å². The van der Waals surface area contributed by atoms with E-state index in [1.165, 1.54) is 5.56 Å². The van der Waals surface area contributed by atoms with Gasteiger partial charge in [-0.2, -0.15) is 0 Å². The molecule has 1 aliphatic heterocycles. The molecule has 0 radical (unpaired) electrons. The van der Waals surface area contributed by atoms with E-state index in [1.54, 1.807) is 7.11 Å². The van der Waals surface area contributed by atoms with Crippen LogP contribution in [0.3, 0.4) is 0 Å². The third-order valence-electron chi connectivity index (χ3n) is 4.75. The first kappa shape index (κ1) is 16.5. The summed E-state index contributed by atoms with van der Waals surface area (Å²) < 4.78 is 5.35. The van der Waals surface area contributed by atoms with Gasteiger partial charge in [-0.1, -0.05) is 48.5 Å². The van der Waals surface area contributed by atoms with Gasteiger partial charge in [-0.05, 0) is 23.6 Å². The molecule has 24 heavy (non-hydrogen) atoms. The van der Waals surface area contributed by atoms with Crippen molar-refractivity contribution in [3.63, 3.8) is 0 Å². The quantitative estimate of drug-likeness (QED) is 0.920. The lowest BCUT2D eigenvalue weighted by Gasteiger charge is -2.17. The predicted octanol–water partition coefficient (Wildman–Crippen LogP) is 2.58. The highest BCUT2D eigenvalue weighted by Crippen LogP contribution is 2.27. The predicted molar refractivity (Wildman–Crippen MR) is 95.1 cm³/mol. The summed E-state index contributed by atoms with van der Waals surface area (Å²) in [6.45, 7) is 1.33. The maximum absolute atomic E-state index is 12.6. The summed E-state index contributed by atoms with van der Waals surface area (Å²) >= 11 is 0. The van der Waals surface area contributed by atoms with Crippen LogP contribution in [0.2, 0.25) is 0 Å². The molecule has 2 aromatic rings. The maximum Gasteiger partial charge on any atom is 0.222 e. The van der Waals surface area contributed by atoms with Crippen LogP contribution in [0.4, 0.5) is 0 Å². The van der Waals surface area contributed by atoms with Crippen molar-refractivity contribution in [1.82, 2.24) is 4.90 Å². The Morgan fingerprint density at radius 3 is 2.58 bits per heavy atom. The third kappa shape index (κ3) is 3.60. The Morgan fingerprint density at radius 1 is 1.12 bits per heavy atom. The van der Waals surface area contributed by atoms with Crippen molar-refractivity contribution in [2.24, 2.45) is 5.73 Å². The second-order valence-electron chi connectivity index (χ2n) is 6.29. The van der Waals surface area contributed by atoms with Gasteiger partial charge in [-0.15, -0.1) is 0 Å². The molecule has 2 atom stereocenters. The lowest BCUT2D eigenvalue weighted by Crippen LogP contribution is -2.32. The van der Waals surface area contributed by atoms with Crippen LogP contribution in [0, 0.1) is 0 Å². The number of aryl methyl sites for hydroxylation is 1. The summed E-state index contributed by atoms with van der Waals surface area (Å²) in [4.78, 5) is 14.5. The standard InChI is InChI=1S/C20H24N2O2/c1-24-19-10-6-5-9-16(19)11-12-20(23)22-13-17(18(21)14-22)15-7-3-2-4-8-15/h2-10,17-18H,11-14,21H2,1H3. The molecule has 1 heterocycles. The molecule has 0 saturated carbocycles. The van der Waals surface area contributed by atoms with Crippen LogP contribution in [-0.4, -0.2) is 37.0 Å². The smallest absolute Gasteiger partial charge is 0.222 e. The zero-order chi connectivity index (χ0) is 16.9. The zero-order valence-corrected chi connectivity index (χ0v) is 14.0. The van der Waals surface area contributed by atoms with Gasteiger partial charge < -0.3 is 15.4 Å². The Kier molecular flexibility index (Phi) is 5.16. The molecule has 1 fully saturated rings. The van der Waals surface area contributed by atoms with E-state index in [1.807, 2.05) is 47.4 Å². The molecule has 0 bridgehead atoms. The van der Waals surface area contributed by atoms with E-state index in [0.717, 1.165) is 11.3 Å². The van der Waals surface area contributed by atoms with Crippen molar-refractivity contribution < 1.29 is 9.53 Å². The second kappa shape index (κ2) is 7.49. The number of nitrogens with two attached hydrogens (primary N) is 1. The molecule has 0 spiro atoms. The molecule has 126 valence electrons. The highest BCUT2D eigenvalue weighted by atomic mass is 16.5. The van der Waals surface area contributed by atoms with E-state index >= 15 is 0 Å². The number of carbonyl (C=O) groups is 1. The Morgan fingerprint density at radius 2 is 1.83 bits per heavy atom. The lowest BCUT2D eigenvalue weighted by atomic mass is 9.95. The van der Waals surface area contributed by atoms with Crippen molar-refractivity contribution in [1.29, 1.82) is 0 Å². The number of likely N-dealkylation sites (tertiary alicyclic amines) is 1. The van der Waals surface area contributed by atoms with Crippen LogP contribution in [-0.2, 0) is 11.2 Å². The topological polar surface area (TPSA) is 55.6 Å². The minimum Gasteiger partial charge on any atom is -0.496 e. The monoisotopic (exact) mass is 324 g/mol. The maximum atomic E-state index is 12.6. The number of para-hydroxylation sites is 1. The van der Waals surface area contributed by atoms with Gasteiger partial charge in [0.05, 0.1) is 7.11 Å². The summed E-state index contributed by atoms with van der Waals surface area (Å²) in [7, 11) is 1.66. The van der Waals surface area contributed by atoms with E-state index in [2.05, 4.69) is 12.1 Å². The van der Waals surface area contributed by atoms with Gasteiger partial charge in [0.25, 0.3) is 0 Å². The van der Waals surface area contributed by atoms with Crippen LogP contribution < -0.4 is 10.5 Å². The van der Waals surface area contributed by atoms with Crippen LogP contribution in [0.5, 0.6) is 5.75 Å². The van der Waals surface area contributed by atoms with Gasteiger partial charge in [0.1, 0.15) is 5.75 Å². The van der Waals surface area contributed by atoms with E-state index in [4.69, 9.17) is 10.5 Å². The first-order chi connectivity index (χ1) is 11.7. The molecule has 3 rings (SSSR count). The third-order valence-corrected chi connectivity index (χ3v) is 4.75. The SMILES string of the molecule is COc1ccccc1CCC(=O)N1CC(N)C(c2ccccc2)C1. The fourth-order valence-corrected chi connectivity index (χ4v) is 3.39. The van der Waals surface area contributed by atoms with Gasteiger partial charge in [0.15, 0.2) is 0 Å². The van der Waals surface area contributed by atoms with Gasteiger partial charge >= 0.3 is 0 Å². The van der Waals surface area contributed by atoms with E-state index in [0.29, 0.717) is 25.9 Å². The van der Waals surface area contributed by atoms with Gasteiger partial charge in [-0.25, -0.2) is 0 Å². The summed E-state index contributed by atoms with van der Waals surface area (Å²) in [5, 5.41) is 0. The van der Waals surface area contributed by atoms with Crippen LogP contribution in [0.25, 0.3) is 0 Å². The number of benzene rings is 2. The second-order valence-corrected chi connectivity index (χ2v) is 6.29. The van der Waals surface area contributed by atoms with Crippen LogP contribution >= 0.6 is 0 Å². The molecule has 4 heteroatoms. The fourth-order valence-electron chi connectivity index (χ4n) is 3.39. The molecule has 4 nitrogen and oxygen atoms in total. The summed E-state index contributed by atoms with van der Waals surface area (Å²) in [5.74, 6) is 1.22. The minimum atomic E-state index is 0.00242. The molecule has 2 unspecified atom stereocenters. The van der Waals surface area contributed by atoms with Crippen molar-refractivity contribution in [2.75, 3.05) is 20.2 Å². The lowest BCUT2D eigenvalue weighted by molar-refractivity contribution is -0.130. The molecule has 1 saturated heterocycles. The molecule has 2 N–H and O–H groups in total. The van der Waals surface area contributed by atoms with E-state index in [9.17, 15) is 4.79 Å². The largest absolute Gasteiger partial charge is 0.496 e. The van der Waals surface area contributed by atoms with Crippen molar-refractivity contribution in [3.8, 4) is 5.75 Å².